The molecule has 1 N–H and O–H groups in total. The highest BCUT2D eigenvalue weighted by Crippen LogP contribution is 2.31. The smallest absolute Gasteiger partial charge is 0.228 e. The third kappa shape index (κ3) is 4.05. The Bertz CT molecular complexity index is 402. The molecule has 2 rings (SSSR count). The van der Waals surface area contributed by atoms with Crippen molar-refractivity contribution in [3.8, 4) is 0 Å². The van der Waals surface area contributed by atoms with Crippen LogP contribution in [-0.4, -0.2) is 22.7 Å². The van der Waals surface area contributed by atoms with Gasteiger partial charge in [-0.15, -0.1) is 0 Å². The van der Waals surface area contributed by atoms with Gasteiger partial charge < -0.3 is 9.84 Å². The van der Waals surface area contributed by atoms with Gasteiger partial charge in [0.25, 0.3) is 0 Å². The molecule has 1 aliphatic carbocycles. The van der Waals surface area contributed by atoms with Gasteiger partial charge in [0.15, 0.2) is 5.82 Å². The molecule has 0 radical (unpaired) electrons. The van der Waals surface area contributed by atoms with Gasteiger partial charge in [0.2, 0.25) is 5.89 Å². The van der Waals surface area contributed by atoms with E-state index >= 15 is 0 Å². The van der Waals surface area contributed by atoms with E-state index in [0.29, 0.717) is 12.0 Å². The van der Waals surface area contributed by atoms with Crippen molar-refractivity contribution in [2.45, 2.75) is 78.2 Å². The summed E-state index contributed by atoms with van der Waals surface area (Å²) in [6.07, 6.45) is 7.21. The van der Waals surface area contributed by atoms with Crippen LogP contribution in [0.2, 0.25) is 0 Å². The molecule has 1 aliphatic rings. The molecular weight excluding hydrogens is 250 g/mol. The Labute approximate surface area is 122 Å². The van der Waals surface area contributed by atoms with Crippen LogP contribution < -0.4 is 5.32 Å². The third-order valence-electron chi connectivity index (χ3n) is 4.33. The standard InChI is InChI=1S/C16H29N3O/c1-5-17-13(16(2,3)4)11-14-18-15(19-20-14)12-9-7-6-8-10-12/h12-13,17H,5-11H2,1-4H3. The van der Waals surface area contributed by atoms with Crippen LogP contribution >= 0.6 is 0 Å². The second kappa shape index (κ2) is 6.70. The third-order valence-corrected chi connectivity index (χ3v) is 4.33. The molecule has 114 valence electrons. The Kier molecular flexibility index (Phi) is 5.19. The van der Waals surface area contributed by atoms with Gasteiger partial charge in [0.05, 0.1) is 0 Å². The molecule has 0 saturated heterocycles. The van der Waals surface area contributed by atoms with E-state index in [9.17, 15) is 0 Å². The minimum atomic E-state index is 0.190. The second-order valence-electron chi connectivity index (χ2n) is 7.06. The lowest BCUT2D eigenvalue weighted by atomic mass is 9.84. The van der Waals surface area contributed by atoms with E-state index < -0.39 is 0 Å². The van der Waals surface area contributed by atoms with Crippen LogP contribution in [0.4, 0.5) is 0 Å². The van der Waals surface area contributed by atoms with Crippen LogP contribution in [0.25, 0.3) is 0 Å². The van der Waals surface area contributed by atoms with E-state index in [1.807, 2.05) is 0 Å². The predicted molar refractivity (Wildman–Crippen MR) is 80.7 cm³/mol. The van der Waals surface area contributed by atoms with E-state index in [1.165, 1.54) is 32.1 Å². The summed E-state index contributed by atoms with van der Waals surface area (Å²) in [7, 11) is 0. The molecular formula is C16H29N3O. The maximum Gasteiger partial charge on any atom is 0.228 e. The van der Waals surface area contributed by atoms with Crippen molar-refractivity contribution >= 4 is 0 Å². The fourth-order valence-electron chi connectivity index (χ4n) is 2.98. The number of hydrogen-bond donors (Lipinski definition) is 1. The summed E-state index contributed by atoms with van der Waals surface area (Å²) in [6.45, 7) is 9.85. The van der Waals surface area contributed by atoms with Crippen molar-refractivity contribution in [1.29, 1.82) is 0 Å². The van der Waals surface area contributed by atoms with Gasteiger partial charge in [0, 0.05) is 18.4 Å². The van der Waals surface area contributed by atoms with E-state index in [1.54, 1.807) is 0 Å². The molecule has 0 amide bonds. The Morgan fingerprint density at radius 3 is 2.55 bits per heavy atom. The van der Waals surface area contributed by atoms with Gasteiger partial charge in [-0.3, -0.25) is 0 Å². The number of hydrogen-bond acceptors (Lipinski definition) is 4. The average Bonchev–Trinajstić information content (AvgIpc) is 2.87. The van der Waals surface area contributed by atoms with Crippen molar-refractivity contribution in [1.82, 2.24) is 15.5 Å². The highest BCUT2D eigenvalue weighted by atomic mass is 16.5. The lowest BCUT2D eigenvalue weighted by Crippen LogP contribution is -2.41. The van der Waals surface area contributed by atoms with Crippen LogP contribution in [0.5, 0.6) is 0 Å². The summed E-state index contributed by atoms with van der Waals surface area (Å²) in [6, 6.07) is 0.368. The lowest BCUT2D eigenvalue weighted by Gasteiger charge is -2.30. The minimum absolute atomic E-state index is 0.190. The summed E-state index contributed by atoms with van der Waals surface area (Å²) >= 11 is 0. The fraction of sp³-hybridized carbons (Fsp3) is 0.875. The molecule has 4 heteroatoms. The first-order valence-electron chi connectivity index (χ1n) is 8.06. The SMILES string of the molecule is CCNC(Cc1nc(C2CCCCC2)no1)C(C)(C)C. The Balaban J connectivity index is 2.00. The summed E-state index contributed by atoms with van der Waals surface area (Å²) in [4.78, 5) is 4.65. The molecule has 1 fully saturated rings. The van der Waals surface area contributed by atoms with Gasteiger partial charge in [-0.25, -0.2) is 0 Å². The quantitative estimate of drug-likeness (QED) is 0.893. The number of rotatable bonds is 5. The number of nitrogens with one attached hydrogen (secondary N) is 1. The van der Waals surface area contributed by atoms with Gasteiger partial charge in [-0.1, -0.05) is 52.1 Å². The van der Waals surface area contributed by atoms with Gasteiger partial charge >= 0.3 is 0 Å². The van der Waals surface area contributed by atoms with Crippen molar-refractivity contribution in [2.24, 2.45) is 5.41 Å². The second-order valence-corrected chi connectivity index (χ2v) is 7.06. The van der Waals surface area contributed by atoms with Crippen molar-refractivity contribution < 1.29 is 4.52 Å². The van der Waals surface area contributed by atoms with E-state index in [4.69, 9.17) is 4.52 Å². The van der Waals surface area contributed by atoms with Crippen LogP contribution in [0.15, 0.2) is 4.52 Å². The van der Waals surface area contributed by atoms with E-state index in [2.05, 4.69) is 43.2 Å². The molecule has 4 nitrogen and oxygen atoms in total. The molecule has 1 unspecified atom stereocenters. The lowest BCUT2D eigenvalue weighted by molar-refractivity contribution is 0.247. The zero-order chi connectivity index (χ0) is 14.6. The molecule has 0 spiro atoms. The highest BCUT2D eigenvalue weighted by Gasteiger charge is 2.27. The molecule has 20 heavy (non-hydrogen) atoms. The first-order chi connectivity index (χ1) is 9.50. The summed E-state index contributed by atoms with van der Waals surface area (Å²) in [5.41, 5.74) is 0.190. The van der Waals surface area contributed by atoms with E-state index in [-0.39, 0.29) is 5.41 Å². The summed E-state index contributed by atoms with van der Waals surface area (Å²) in [5, 5.41) is 7.75. The zero-order valence-corrected chi connectivity index (χ0v) is 13.4. The predicted octanol–water partition coefficient (Wildman–Crippen LogP) is 3.68. The molecule has 1 heterocycles. The van der Waals surface area contributed by atoms with Crippen molar-refractivity contribution in [2.75, 3.05) is 6.54 Å². The van der Waals surface area contributed by atoms with Crippen LogP contribution in [0.3, 0.4) is 0 Å². The summed E-state index contributed by atoms with van der Waals surface area (Å²) in [5.74, 6) is 2.24. The molecule has 1 atom stereocenters. The van der Waals surface area contributed by atoms with E-state index in [0.717, 1.165) is 24.7 Å². The Morgan fingerprint density at radius 1 is 1.25 bits per heavy atom. The highest BCUT2D eigenvalue weighted by molar-refractivity contribution is 4.99. The number of aromatic nitrogens is 2. The van der Waals surface area contributed by atoms with Gasteiger partial charge in [-0.05, 0) is 24.8 Å². The largest absolute Gasteiger partial charge is 0.339 e. The van der Waals surface area contributed by atoms with Crippen molar-refractivity contribution in [3.05, 3.63) is 11.7 Å². The molecule has 0 aliphatic heterocycles. The number of nitrogens with zero attached hydrogens (tertiary/aromatic N) is 2. The first kappa shape index (κ1) is 15.5. The van der Waals surface area contributed by atoms with Crippen molar-refractivity contribution in [3.63, 3.8) is 0 Å². The maximum atomic E-state index is 5.49. The Morgan fingerprint density at radius 2 is 1.95 bits per heavy atom. The van der Waals surface area contributed by atoms with Crippen LogP contribution in [0.1, 0.15) is 77.4 Å². The molecule has 1 aromatic rings. The Hall–Kier alpha value is -0.900. The minimum Gasteiger partial charge on any atom is -0.339 e. The first-order valence-corrected chi connectivity index (χ1v) is 8.06. The van der Waals surface area contributed by atoms with Gasteiger partial charge in [0.1, 0.15) is 0 Å². The monoisotopic (exact) mass is 279 g/mol. The zero-order valence-electron chi connectivity index (χ0n) is 13.4. The van der Waals surface area contributed by atoms with Crippen LogP contribution in [0, 0.1) is 5.41 Å². The van der Waals surface area contributed by atoms with Gasteiger partial charge in [-0.2, -0.15) is 4.98 Å². The normalized spacial score (nSPS) is 19.2. The maximum absolute atomic E-state index is 5.49. The topological polar surface area (TPSA) is 51.0 Å². The fourth-order valence-corrected chi connectivity index (χ4v) is 2.98. The molecule has 0 aromatic carbocycles. The summed E-state index contributed by atoms with van der Waals surface area (Å²) < 4.78 is 5.49. The van der Waals surface area contributed by atoms with Crippen LogP contribution in [-0.2, 0) is 6.42 Å². The molecule has 1 aromatic heterocycles. The molecule has 0 bridgehead atoms. The average molecular weight is 279 g/mol. The number of likely N-dealkylation sites (N-methyl/N-ethyl adjacent to an activating group) is 1. The molecule has 1 saturated carbocycles.